The number of aliphatic hydroxyl groups excluding tert-OH is 1. The highest BCUT2D eigenvalue weighted by molar-refractivity contribution is 6.02. The van der Waals surface area contributed by atoms with Crippen LogP contribution in [-0.2, 0) is 4.79 Å². The van der Waals surface area contributed by atoms with Gasteiger partial charge in [0.05, 0.1) is 36.2 Å². The molecule has 0 bridgehead atoms. The molecule has 88 valence electrons. The summed E-state index contributed by atoms with van der Waals surface area (Å²) in [6.07, 6.45) is 0. The maximum absolute atomic E-state index is 11.7. The number of rotatable bonds is 2. The van der Waals surface area contributed by atoms with Gasteiger partial charge in [0.2, 0.25) is 5.91 Å². The lowest BCUT2D eigenvalue weighted by Gasteiger charge is -2.35. The maximum Gasteiger partial charge on any atom is 0.246 e. The van der Waals surface area contributed by atoms with Crippen molar-refractivity contribution in [2.45, 2.75) is 0 Å². The van der Waals surface area contributed by atoms with Gasteiger partial charge in [-0.2, -0.15) is 5.26 Å². The summed E-state index contributed by atoms with van der Waals surface area (Å²) in [4.78, 5) is 15.1. The van der Waals surface area contributed by atoms with E-state index in [4.69, 9.17) is 10.4 Å². The second-order valence-electron chi connectivity index (χ2n) is 3.91. The lowest BCUT2D eigenvalue weighted by molar-refractivity contribution is -0.117. The zero-order chi connectivity index (χ0) is 12.4. The minimum atomic E-state index is -0.0206. The molecule has 0 spiro atoms. The van der Waals surface area contributed by atoms with E-state index in [2.05, 4.69) is 6.07 Å². The fourth-order valence-corrected chi connectivity index (χ4v) is 1.94. The lowest BCUT2D eigenvalue weighted by Crippen LogP contribution is -2.44. The van der Waals surface area contributed by atoms with E-state index in [-0.39, 0.29) is 19.1 Å². The first kappa shape index (κ1) is 11.4. The van der Waals surface area contributed by atoms with Crippen LogP contribution in [0.15, 0.2) is 18.2 Å². The monoisotopic (exact) mass is 231 g/mol. The number of aliphatic hydroxyl groups is 1. The third-order valence-electron chi connectivity index (χ3n) is 2.88. The molecule has 17 heavy (non-hydrogen) atoms. The molecule has 1 aliphatic heterocycles. The molecule has 2 rings (SSSR count). The summed E-state index contributed by atoms with van der Waals surface area (Å²) in [5, 5.41) is 17.9. The average molecular weight is 231 g/mol. The summed E-state index contributed by atoms with van der Waals surface area (Å²) in [5.41, 5.74) is 2.14. The van der Waals surface area contributed by atoms with E-state index in [1.165, 1.54) is 0 Å². The molecular formula is C12H13N3O2. The number of nitriles is 1. The Labute approximate surface area is 99.5 Å². The summed E-state index contributed by atoms with van der Waals surface area (Å²) in [7, 11) is 1.71. The van der Waals surface area contributed by atoms with Gasteiger partial charge in [-0.25, -0.2) is 0 Å². The Balaban J connectivity index is 2.49. The predicted molar refractivity (Wildman–Crippen MR) is 63.9 cm³/mol. The first-order valence-corrected chi connectivity index (χ1v) is 5.34. The summed E-state index contributed by atoms with van der Waals surface area (Å²) in [6.45, 7) is 0.605. The molecule has 1 aliphatic rings. The molecule has 1 heterocycles. The third-order valence-corrected chi connectivity index (χ3v) is 2.88. The number of hydrogen-bond acceptors (Lipinski definition) is 4. The van der Waals surface area contributed by atoms with Crippen LogP contribution in [0.2, 0.25) is 0 Å². The van der Waals surface area contributed by atoms with Crippen LogP contribution in [0.25, 0.3) is 0 Å². The summed E-state index contributed by atoms with van der Waals surface area (Å²) in [5.74, 6) is -0.0179. The molecule has 5 nitrogen and oxygen atoms in total. The second kappa shape index (κ2) is 4.44. The van der Waals surface area contributed by atoms with Crippen LogP contribution >= 0.6 is 0 Å². The van der Waals surface area contributed by atoms with Crippen molar-refractivity contribution in [3.63, 3.8) is 0 Å². The number of benzene rings is 1. The standard InChI is InChI=1S/C12H13N3O2/c1-14-10-3-2-9(7-13)6-11(10)15(4-5-16)8-12(14)17/h2-3,6,16H,4-5,8H2,1H3. The Kier molecular flexibility index (Phi) is 2.98. The van der Waals surface area contributed by atoms with E-state index in [1.54, 1.807) is 35.0 Å². The molecule has 0 saturated heterocycles. The number of likely N-dealkylation sites (N-methyl/N-ethyl adjacent to an activating group) is 1. The number of carbonyl (C=O) groups excluding carboxylic acids is 1. The first-order valence-electron chi connectivity index (χ1n) is 5.34. The first-order chi connectivity index (χ1) is 8.17. The van der Waals surface area contributed by atoms with Gasteiger partial charge in [-0.3, -0.25) is 4.79 Å². The van der Waals surface area contributed by atoms with Crippen LogP contribution in [0.1, 0.15) is 5.56 Å². The SMILES string of the molecule is CN1C(=O)CN(CCO)c2cc(C#N)ccc21. The lowest BCUT2D eigenvalue weighted by atomic mass is 10.1. The number of anilines is 2. The molecule has 0 saturated carbocycles. The normalized spacial score (nSPS) is 14.5. The van der Waals surface area contributed by atoms with Crippen molar-refractivity contribution in [3.8, 4) is 6.07 Å². The molecule has 1 amide bonds. The number of carbonyl (C=O) groups is 1. The third kappa shape index (κ3) is 1.95. The molecule has 1 N–H and O–H groups in total. The molecule has 0 atom stereocenters. The van der Waals surface area contributed by atoms with Crippen molar-refractivity contribution in [1.82, 2.24) is 0 Å². The highest BCUT2D eigenvalue weighted by Crippen LogP contribution is 2.33. The van der Waals surface area contributed by atoms with Gasteiger partial charge < -0.3 is 14.9 Å². The topological polar surface area (TPSA) is 67.6 Å². The second-order valence-corrected chi connectivity index (χ2v) is 3.91. The quantitative estimate of drug-likeness (QED) is 0.796. The fourth-order valence-electron chi connectivity index (χ4n) is 1.94. The van der Waals surface area contributed by atoms with E-state index in [0.717, 1.165) is 11.4 Å². The van der Waals surface area contributed by atoms with E-state index in [0.29, 0.717) is 12.1 Å². The Hall–Kier alpha value is -2.06. The van der Waals surface area contributed by atoms with Gasteiger partial charge in [0, 0.05) is 13.6 Å². The van der Waals surface area contributed by atoms with Gasteiger partial charge in [-0.1, -0.05) is 0 Å². The molecule has 0 radical (unpaired) electrons. The van der Waals surface area contributed by atoms with Crippen LogP contribution in [-0.4, -0.2) is 37.8 Å². The molecule has 0 fully saturated rings. The Bertz CT molecular complexity index is 493. The minimum Gasteiger partial charge on any atom is -0.395 e. The van der Waals surface area contributed by atoms with Gasteiger partial charge in [0.1, 0.15) is 0 Å². The van der Waals surface area contributed by atoms with E-state index >= 15 is 0 Å². The van der Waals surface area contributed by atoms with Crippen molar-refractivity contribution in [3.05, 3.63) is 23.8 Å². The summed E-state index contributed by atoms with van der Waals surface area (Å²) < 4.78 is 0. The van der Waals surface area contributed by atoms with Crippen LogP contribution < -0.4 is 9.80 Å². The van der Waals surface area contributed by atoms with Crippen LogP contribution in [0.5, 0.6) is 0 Å². The number of hydrogen-bond donors (Lipinski definition) is 1. The van der Waals surface area contributed by atoms with Crippen molar-refractivity contribution in [1.29, 1.82) is 5.26 Å². The molecule has 0 aromatic heterocycles. The van der Waals surface area contributed by atoms with Gasteiger partial charge in [-0.05, 0) is 18.2 Å². The largest absolute Gasteiger partial charge is 0.395 e. The molecule has 1 aromatic carbocycles. The summed E-state index contributed by atoms with van der Waals surface area (Å²) in [6, 6.07) is 7.26. The fraction of sp³-hybridized carbons (Fsp3) is 0.333. The van der Waals surface area contributed by atoms with Gasteiger partial charge in [-0.15, -0.1) is 0 Å². The zero-order valence-corrected chi connectivity index (χ0v) is 9.55. The molecular weight excluding hydrogens is 218 g/mol. The van der Waals surface area contributed by atoms with Crippen molar-refractivity contribution in [2.75, 3.05) is 36.5 Å². The zero-order valence-electron chi connectivity index (χ0n) is 9.55. The molecule has 0 unspecified atom stereocenters. The van der Waals surface area contributed by atoms with Gasteiger partial charge in [0.15, 0.2) is 0 Å². The highest BCUT2D eigenvalue weighted by Gasteiger charge is 2.26. The maximum atomic E-state index is 11.7. The van der Waals surface area contributed by atoms with Crippen molar-refractivity contribution < 1.29 is 9.90 Å². The number of amides is 1. The molecule has 5 heteroatoms. The number of β-amino-alcohol motifs (C(OH)–C–C–N with tert-alkyl or cyclic N) is 1. The highest BCUT2D eigenvalue weighted by atomic mass is 16.3. The van der Waals surface area contributed by atoms with Gasteiger partial charge in [0.25, 0.3) is 0 Å². The van der Waals surface area contributed by atoms with Crippen LogP contribution in [0.3, 0.4) is 0 Å². The smallest absolute Gasteiger partial charge is 0.246 e. The molecule has 1 aromatic rings. The Morgan fingerprint density at radius 2 is 2.24 bits per heavy atom. The summed E-state index contributed by atoms with van der Waals surface area (Å²) >= 11 is 0. The predicted octanol–water partition coefficient (Wildman–Crippen LogP) is 0.333. The minimum absolute atomic E-state index is 0.0179. The average Bonchev–Trinajstić information content (AvgIpc) is 2.35. The van der Waals surface area contributed by atoms with Crippen molar-refractivity contribution >= 4 is 17.3 Å². The Morgan fingerprint density at radius 1 is 1.47 bits per heavy atom. The van der Waals surface area contributed by atoms with E-state index in [1.807, 2.05) is 0 Å². The van der Waals surface area contributed by atoms with E-state index < -0.39 is 0 Å². The number of fused-ring (bicyclic) bond motifs is 1. The van der Waals surface area contributed by atoms with Crippen LogP contribution in [0.4, 0.5) is 11.4 Å². The van der Waals surface area contributed by atoms with Gasteiger partial charge >= 0.3 is 0 Å². The van der Waals surface area contributed by atoms with Crippen molar-refractivity contribution in [2.24, 2.45) is 0 Å². The number of nitrogens with zero attached hydrogens (tertiary/aromatic N) is 3. The van der Waals surface area contributed by atoms with Crippen LogP contribution in [0, 0.1) is 11.3 Å². The Morgan fingerprint density at radius 3 is 2.88 bits per heavy atom. The van der Waals surface area contributed by atoms with E-state index in [9.17, 15) is 4.79 Å². The molecule has 0 aliphatic carbocycles.